The minimum absolute atomic E-state index is 0.108. The van der Waals surface area contributed by atoms with Crippen molar-refractivity contribution in [2.24, 2.45) is 0 Å². The van der Waals surface area contributed by atoms with E-state index in [1.165, 1.54) is 4.31 Å². The predicted octanol–water partition coefficient (Wildman–Crippen LogP) is 2.77. The van der Waals surface area contributed by atoms with Crippen molar-refractivity contribution in [3.8, 4) is 23.0 Å². The molecule has 1 heterocycles. The summed E-state index contributed by atoms with van der Waals surface area (Å²) in [4.78, 5) is 12.2. The van der Waals surface area contributed by atoms with Gasteiger partial charge in [-0.25, -0.2) is 8.42 Å². The Morgan fingerprint density at radius 2 is 1.74 bits per heavy atom. The van der Waals surface area contributed by atoms with E-state index < -0.39 is 10.0 Å². The summed E-state index contributed by atoms with van der Waals surface area (Å²) in [6, 6.07) is 10.8. The van der Waals surface area contributed by atoms with Gasteiger partial charge in [-0.1, -0.05) is 6.07 Å². The molecule has 0 aromatic heterocycles. The van der Waals surface area contributed by atoms with E-state index in [0.29, 0.717) is 54.9 Å². The van der Waals surface area contributed by atoms with E-state index in [2.05, 4.69) is 5.32 Å². The van der Waals surface area contributed by atoms with E-state index in [9.17, 15) is 13.2 Å². The van der Waals surface area contributed by atoms with E-state index in [-0.39, 0.29) is 18.9 Å². The van der Waals surface area contributed by atoms with E-state index in [1.807, 2.05) is 18.2 Å². The van der Waals surface area contributed by atoms with Gasteiger partial charge in [-0.3, -0.25) is 9.10 Å². The summed E-state index contributed by atoms with van der Waals surface area (Å²) in [5.41, 5.74) is 1.58. The highest BCUT2D eigenvalue weighted by molar-refractivity contribution is 7.92. The Kier molecular flexibility index (Phi) is 8.86. The molecule has 186 valence electrons. The zero-order valence-electron chi connectivity index (χ0n) is 19.8. The molecule has 0 aliphatic carbocycles. The van der Waals surface area contributed by atoms with Crippen molar-refractivity contribution in [2.45, 2.75) is 25.7 Å². The molecule has 3 rings (SSSR count). The fourth-order valence-electron chi connectivity index (χ4n) is 3.70. The Balaban J connectivity index is 1.44. The third kappa shape index (κ3) is 6.93. The maximum Gasteiger partial charge on any atom is 0.232 e. The number of amides is 1. The minimum Gasteiger partial charge on any atom is -0.493 e. The van der Waals surface area contributed by atoms with Gasteiger partial charge in [0.2, 0.25) is 15.9 Å². The number of sulfonamides is 1. The summed E-state index contributed by atoms with van der Waals surface area (Å²) in [5, 5.41) is 2.90. The van der Waals surface area contributed by atoms with Crippen LogP contribution < -0.4 is 28.6 Å². The first kappa shape index (κ1) is 25.5. The molecular weight excluding hydrogens is 460 g/mol. The lowest BCUT2D eigenvalue weighted by atomic mass is 10.1. The normalized spacial score (nSPS) is 12.7. The Morgan fingerprint density at radius 1 is 1.00 bits per heavy atom. The molecule has 0 fully saturated rings. The number of ether oxygens (including phenoxy) is 4. The fourth-order valence-corrected chi connectivity index (χ4v) is 4.66. The standard InChI is InChI=1S/C24H32N2O7S/c1-30-20-10-8-18(16-22(20)31-2)6-4-12-25-24(27)7-5-13-26(34(3,28)29)19-9-11-21-23(17-19)33-15-14-32-21/h8-11,16-17H,4-7,12-15H2,1-3H3,(H,25,27). The number of carbonyl (C=O) groups is 1. The zero-order valence-corrected chi connectivity index (χ0v) is 20.7. The van der Waals surface area contributed by atoms with Gasteiger partial charge in [0.25, 0.3) is 0 Å². The summed E-state index contributed by atoms with van der Waals surface area (Å²) >= 11 is 0. The molecule has 1 aliphatic rings. The number of benzene rings is 2. The number of aryl methyl sites for hydroxylation is 1. The highest BCUT2D eigenvalue weighted by Gasteiger charge is 2.21. The highest BCUT2D eigenvalue weighted by Crippen LogP contribution is 2.34. The number of anilines is 1. The molecule has 10 heteroatoms. The van der Waals surface area contributed by atoms with Crippen LogP contribution >= 0.6 is 0 Å². The van der Waals surface area contributed by atoms with Crippen LogP contribution in [-0.2, 0) is 21.2 Å². The van der Waals surface area contributed by atoms with Crippen LogP contribution in [0.1, 0.15) is 24.8 Å². The molecule has 2 aromatic rings. The first-order valence-electron chi connectivity index (χ1n) is 11.2. The van der Waals surface area contributed by atoms with Crippen molar-refractivity contribution in [3.05, 3.63) is 42.0 Å². The number of methoxy groups -OCH3 is 2. The van der Waals surface area contributed by atoms with Gasteiger partial charge in [0, 0.05) is 25.6 Å². The first-order chi connectivity index (χ1) is 16.3. The quantitative estimate of drug-likeness (QED) is 0.455. The lowest BCUT2D eigenvalue weighted by molar-refractivity contribution is -0.121. The third-order valence-electron chi connectivity index (χ3n) is 5.39. The Morgan fingerprint density at radius 3 is 2.44 bits per heavy atom. The second-order valence-electron chi connectivity index (χ2n) is 7.91. The largest absolute Gasteiger partial charge is 0.493 e. The van der Waals surface area contributed by atoms with Crippen LogP contribution in [0.4, 0.5) is 5.69 Å². The molecule has 34 heavy (non-hydrogen) atoms. The van der Waals surface area contributed by atoms with Crippen LogP contribution in [0.15, 0.2) is 36.4 Å². The minimum atomic E-state index is -3.52. The number of hydrogen-bond donors (Lipinski definition) is 1. The van der Waals surface area contributed by atoms with Gasteiger partial charge in [0.15, 0.2) is 23.0 Å². The van der Waals surface area contributed by atoms with Gasteiger partial charge in [0.1, 0.15) is 13.2 Å². The SMILES string of the molecule is COc1ccc(CCCNC(=O)CCCN(c2ccc3c(c2)OCCO3)S(C)(=O)=O)cc1OC. The smallest absolute Gasteiger partial charge is 0.232 e. The molecule has 0 spiro atoms. The fraction of sp³-hybridized carbons (Fsp3) is 0.458. The van der Waals surface area contributed by atoms with Gasteiger partial charge in [-0.2, -0.15) is 0 Å². The van der Waals surface area contributed by atoms with Crippen molar-refractivity contribution in [1.82, 2.24) is 5.32 Å². The average Bonchev–Trinajstić information content (AvgIpc) is 2.83. The van der Waals surface area contributed by atoms with Gasteiger partial charge in [-0.15, -0.1) is 0 Å². The number of fused-ring (bicyclic) bond motifs is 1. The molecule has 0 saturated heterocycles. The molecule has 1 amide bonds. The van der Waals surface area contributed by atoms with Crippen molar-refractivity contribution >= 4 is 21.6 Å². The number of carbonyl (C=O) groups excluding carboxylic acids is 1. The van der Waals surface area contributed by atoms with Gasteiger partial charge < -0.3 is 24.3 Å². The highest BCUT2D eigenvalue weighted by atomic mass is 32.2. The molecule has 0 saturated carbocycles. The Bertz CT molecular complexity index is 1090. The van der Waals surface area contributed by atoms with E-state index in [0.717, 1.165) is 24.7 Å². The Labute approximate surface area is 201 Å². The van der Waals surface area contributed by atoms with Crippen LogP contribution in [0, 0.1) is 0 Å². The number of nitrogens with one attached hydrogen (secondary N) is 1. The number of rotatable bonds is 12. The summed E-state index contributed by atoms with van der Waals surface area (Å²) in [6.07, 6.45) is 3.33. The zero-order chi connectivity index (χ0) is 24.6. The lowest BCUT2D eigenvalue weighted by Gasteiger charge is -2.25. The van der Waals surface area contributed by atoms with Crippen LogP contribution in [0.5, 0.6) is 23.0 Å². The maximum absolute atomic E-state index is 12.3. The summed E-state index contributed by atoms with van der Waals surface area (Å²) < 4.78 is 47.6. The monoisotopic (exact) mass is 492 g/mol. The molecule has 0 bridgehead atoms. The van der Waals surface area contributed by atoms with E-state index in [4.69, 9.17) is 18.9 Å². The lowest BCUT2D eigenvalue weighted by Crippen LogP contribution is -2.32. The summed E-state index contributed by atoms with van der Waals surface area (Å²) in [7, 11) is -0.325. The first-order valence-corrected chi connectivity index (χ1v) is 13.0. The van der Waals surface area contributed by atoms with Crippen molar-refractivity contribution in [3.63, 3.8) is 0 Å². The molecular formula is C24H32N2O7S. The third-order valence-corrected chi connectivity index (χ3v) is 6.59. The molecule has 9 nitrogen and oxygen atoms in total. The van der Waals surface area contributed by atoms with Crippen molar-refractivity contribution in [1.29, 1.82) is 0 Å². The van der Waals surface area contributed by atoms with Crippen molar-refractivity contribution in [2.75, 3.05) is 51.1 Å². The second kappa shape index (κ2) is 11.8. The molecule has 0 atom stereocenters. The topological polar surface area (TPSA) is 103 Å². The van der Waals surface area contributed by atoms with Gasteiger partial charge in [0.05, 0.1) is 26.2 Å². The molecule has 1 aliphatic heterocycles. The Hall–Kier alpha value is -3.14. The van der Waals surface area contributed by atoms with Crippen LogP contribution in [0.25, 0.3) is 0 Å². The second-order valence-corrected chi connectivity index (χ2v) is 9.82. The predicted molar refractivity (Wildman–Crippen MR) is 130 cm³/mol. The molecule has 0 radical (unpaired) electrons. The number of nitrogens with zero attached hydrogens (tertiary/aromatic N) is 1. The number of hydrogen-bond acceptors (Lipinski definition) is 7. The molecule has 0 unspecified atom stereocenters. The summed E-state index contributed by atoms with van der Waals surface area (Å²) in [6.45, 7) is 1.61. The van der Waals surface area contributed by atoms with Gasteiger partial charge in [-0.05, 0) is 49.1 Å². The molecule has 1 N–H and O–H groups in total. The van der Waals surface area contributed by atoms with Crippen LogP contribution in [-0.4, -0.2) is 61.1 Å². The maximum atomic E-state index is 12.3. The van der Waals surface area contributed by atoms with Crippen LogP contribution in [0.3, 0.4) is 0 Å². The summed E-state index contributed by atoms with van der Waals surface area (Å²) in [5.74, 6) is 2.36. The molecule has 2 aromatic carbocycles. The van der Waals surface area contributed by atoms with Crippen LogP contribution in [0.2, 0.25) is 0 Å². The van der Waals surface area contributed by atoms with E-state index in [1.54, 1.807) is 32.4 Å². The van der Waals surface area contributed by atoms with Gasteiger partial charge >= 0.3 is 0 Å². The van der Waals surface area contributed by atoms with E-state index >= 15 is 0 Å². The average molecular weight is 493 g/mol. The van der Waals surface area contributed by atoms with Crippen molar-refractivity contribution < 1.29 is 32.2 Å².